The maximum absolute atomic E-state index is 5.29. The van der Waals surface area contributed by atoms with Crippen LogP contribution in [0.15, 0.2) is 174 Å². The molecular formula is C45H31N3S. The van der Waals surface area contributed by atoms with Crippen molar-refractivity contribution < 1.29 is 0 Å². The second kappa shape index (κ2) is 11.4. The zero-order valence-electron chi connectivity index (χ0n) is 26.6. The predicted octanol–water partition coefficient (Wildman–Crippen LogP) is 11.6. The van der Waals surface area contributed by atoms with Crippen LogP contribution in [0.1, 0.15) is 33.7 Å². The minimum atomic E-state index is -0.0368. The second-order valence-corrected chi connectivity index (χ2v) is 14.0. The number of rotatable bonds is 4. The van der Waals surface area contributed by atoms with E-state index in [1.54, 1.807) is 0 Å². The minimum Gasteiger partial charge on any atom is -0.368 e. The van der Waals surface area contributed by atoms with Crippen molar-refractivity contribution in [2.24, 2.45) is 4.99 Å². The molecule has 0 radical (unpaired) electrons. The van der Waals surface area contributed by atoms with E-state index in [9.17, 15) is 0 Å². The number of hydrogen-bond acceptors (Lipinski definition) is 4. The Morgan fingerprint density at radius 3 is 1.98 bits per heavy atom. The third kappa shape index (κ3) is 4.95. The van der Waals surface area contributed by atoms with Crippen LogP contribution >= 0.6 is 11.8 Å². The van der Waals surface area contributed by atoms with Crippen LogP contribution < -0.4 is 10.6 Å². The van der Waals surface area contributed by atoms with Gasteiger partial charge >= 0.3 is 0 Å². The first-order chi connectivity index (χ1) is 24.2. The van der Waals surface area contributed by atoms with E-state index in [0.717, 1.165) is 22.7 Å². The van der Waals surface area contributed by atoms with Crippen molar-refractivity contribution in [1.82, 2.24) is 5.32 Å². The highest BCUT2D eigenvalue weighted by Crippen LogP contribution is 2.50. The molecule has 8 aromatic rings. The van der Waals surface area contributed by atoms with Crippen molar-refractivity contribution >= 4 is 72.1 Å². The van der Waals surface area contributed by atoms with Crippen LogP contribution in [0.5, 0.6) is 0 Å². The molecule has 10 rings (SSSR count). The number of amidine groups is 1. The summed E-state index contributed by atoms with van der Waals surface area (Å²) < 4.78 is 0. The van der Waals surface area contributed by atoms with Gasteiger partial charge in [0, 0.05) is 21.4 Å². The summed E-state index contributed by atoms with van der Waals surface area (Å²) >= 11 is 1.89. The van der Waals surface area contributed by atoms with Gasteiger partial charge in [0.1, 0.15) is 11.2 Å². The smallest absolute Gasteiger partial charge is 0.134 e. The van der Waals surface area contributed by atoms with Gasteiger partial charge in [0.15, 0.2) is 0 Å². The van der Waals surface area contributed by atoms with Crippen molar-refractivity contribution in [2.45, 2.75) is 16.3 Å². The standard InChI is InChI=1S/C45H31N3S/c1-2-10-31(11-3-1)45-48-43-41(49-45)23-21-30-16-17-34-26-37(20-22-38(34)42(30)43)44-46-39(35-18-14-28-8-4-6-12-32(28)24-35)27-40(47-44)36-19-15-29-9-5-7-13-33(29)25-36/h1-27,39,45,48H,(H,46,47). The fraction of sp³-hybridized carbons (Fsp3) is 0.0444. The highest BCUT2D eigenvalue weighted by atomic mass is 32.2. The molecule has 0 saturated carbocycles. The van der Waals surface area contributed by atoms with Crippen molar-refractivity contribution in [3.8, 4) is 0 Å². The Bertz CT molecular complexity index is 2660. The molecule has 0 spiro atoms. The number of aliphatic imine (C=N–C) groups is 1. The molecule has 0 aromatic heterocycles. The van der Waals surface area contributed by atoms with Crippen LogP contribution in [-0.4, -0.2) is 5.84 Å². The minimum absolute atomic E-state index is 0.0368. The van der Waals surface area contributed by atoms with Crippen molar-refractivity contribution in [2.75, 3.05) is 5.32 Å². The Labute approximate surface area is 289 Å². The van der Waals surface area contributed by atoms with Crippen LogP contribution in [0, 0.1) is 0 Å². The Kier molecular flexibility index (Phi) is 6.56. The summed E-state index contributed by atoms with van der Waals surface area (Å²) in [6.07, 6.45) is 2.27. The van der Waals surface area contributed by atoms with Crippen LogP contribution in [0.3, 0.4) is 0 Å². The third-order valence-electron chi connectivity index (χ3n) is 9.89. The lowest BCUT2D eigenvalue weighted by atomic mass is 9.96. The SMILES string of the molecule is C1=C(c2ccc3ccccc3c2)N=C(c2ccc3c(ccc4ccc5c(c43)NC(c3ccccc3)S5)c2)NC1c1ccc2ccccc2c1. The molecule has 2 aliphatic heterocycles. The number of nitrogens with one attached hydrogen (secondary N) is 2. The van der Waals surface area contributed by atoms with Gasteiger partial charge in [-0.05, 0) is 79.2 Å². The number of hydrogen-bond donors (Lipinski definition) is 2. The van der Waals surface area contributed by atoms with Gasteiger partial charge in [-0.25, -0.2) is 4.99 Å². The van der Waals surface area contributed by atoms with Gasteiger partial charge in [-0.2, -0.15) is 0 Å². The van der Waals surface area contributed by atoms with Gasteiger partial charge < -0.3 is 10.6 Å². The highest BCUT2D eigenvalue weighted by Gasteiger charge is 2.26. The Morgan fingerprint density at radius 2 is 1.14 bits per heavy atom. The Hall–Kier alpha value is -5.84. The molecule has 0 fully saturated rings. The molecule has 0 saturated heterocycles. The number of nitrogens with zero attached hydrogens (tertiary/aromatic N) is 1. The molecule has 0 aliphatic carbocycles. The molecule has 2 heterocycles. The predicted molar refractivity (Wildman–Crippen MR) is 208 cm³/mol. The lowest BCUT2D eigenvalue weighted by Gasteiger charge is -2.25. The highest BCUT2D eigenvalue weighted by molar-refractivity contribution is 8.00. The summed E-state index contributed by atoms with van der Waals surface area (Å²) in [5.41, 5.74) is 6.88. The molecule has 2 unspecified atom stereocenters. The molecule has 2 aliphatic rings. The zero-order valence-corrected chi connectivity index (χ0v) is 27.4. The van der Waals surface area contributed by atoms with E-state index in [1.807, 2.05) is 11.8 Å². The van der Waals surface area contributed by atoms with E-state index in [0.29, 0.717) is 0 Å². The first-order valence-corrected chi connectivity index (χ1v) is 17.6. The maximum atomic E-state index is 5.29. The van der Waals surface area contributed by atoms with E-state index in [-0.39, 0.29) is 11.4 Å². The normalized spacial score (nSPS) is 17.1. The lowest BCUT2D eigenvalue weighted by Crippen LogP contribution is -2.31. The summed E-state index contributed by atoms with van der Waals surface area (Å²) in [4.78, 5) is 6.58. The number of anilines is 1. The molecule has 4 heteroatoms. The van der Waals surface area contributed by atoms with E-state index >= 15 is 0 Å². The molecule has 2 atom stereocenters. The second-order valence-electron chi connectivity index (χ2n) is 12.9. The van der Waals surface area contributed by atoms with Crippen molar-refractivity contribution in [3.63, 3.8) is 0 Å². The number of benzene rings is 8. The molecule has 49 heavy (non-hydrogen) atoms. The molecule has 2 N–H and O–H groups in total. The largest absolute Gasteiger partial charge is 0.368 e. The zero-order chi connectivity index (χ0) is 32.3. The summed E-state index contributed by atoms with van der Waals surface area (Å²) in [6.45, 7) is 0. The monoisotopic (exact) mass is 645 g/mol. The molecule has 0 bridgehead atoms. The molecule has 8 aromatic carbocycles. The van der Waals surface area contributed by atoms with Gasteiger partial charge in [-0.3, -0.25) is 0 Å². The van der Waals surface area contributed by atoms with Gasteiger partial charge in [0.25, 0.3) is 0 Å². The van der Waals surface area contributed by atoms with Gasteiger partial charge in [0.05, 0.1) is 17.4 Å². The third-order valence-corrected chi connectivity index (χ3v) is 11.1. The van der Waals surface area contributed by atoms with E-state index < -0.39 is 0 Å². The van der Waals surface area contributed by atoms with Crippen LogP contribution in [-0.2, 0) is 0 Å². The fourth-order valence-electron chi connectivity index (χ4n) is 7.37. The van der Waals surface area contributed by atoms with Crippen molar-refractivity contribution in [3.05, 3.63) is 186 Å². The van der Waals surface area contributed by atoms with Gasteiger partial charge in [0.2, 0.25) is 0 Å². The Balaban J connectivity index is 1.08. The van der Waals surface area contributed by atoms with Crippen LogP contribution in [0.2, 0.25) is 0 Å². The molecule has 0 amide bonds. The molecular weight excluding hydrogens is 615 g/mol. The van der Waals surface area contributed by atoms with E-state index in [2.05, 4.69) is 174 Å². The van der Waals surface area contributed by atoms with Gasteiger partial charge in [-0.15, -0.1) is 0 Å². The summed E-state index contributed by atoms with van der Waals surface area (Å²) in [5, 5.41) is 17.7. The first-order valence-electron chi connectivity index (χ1n) is 16.8. The van der Waals surface area contributed by atoms with Crippen LogP contribution in [0.4, 0.5) is 5.69 Å². The van der Waals surface area contributed by atoms with Crippen molar-refractivity contribution in [1.29, 1.82) is 0 Å². The maximum Gasteiger partial charge on any atom is 0.134 e. The fourth-order valence-corrected chi connectivity index (χ4v) is 8.52. The average molecular weight is 646 g/mol. The van der Waals surface area contributed by atoms with Gasteiger partial charge in [-0.1, -0.05) is 145 Å². The number of thioether (sulfide) groups is 1. The summed E-state index contributed by atoms with van der Waals surface area (Å²) in [7, 11) is 0. The summed E-state index contributed by atoms with van der Waals surface area (Å²) in [6, 6.07) is 56.9. The number of fused-ring (bicyclic) bond motifs is 7. The topological polar surface area (TPSA) is 36.4 Å². The quantitative estimate of drug-likeness (QED) is 0.187. The molecule has 3 nitrogen and oxygen atoms in total. The van der Waals surface area contributed by atoms with Crippen LogP contribution in [0.25, 0.3) is 48.8 Å². The van der Waals surface area contributed by atoms with E-state index in [4.69, 9.17) is 4.99 Å². The molecule has 232 valence electrons. The lowest BCUT2D eigenvalue weighted by molar-refractivity contribution is 0.782. The van der Waals surface area contributed by atoms with E-state index in [1.165, 1.54) is 64.8 Å². The Morgan fingerprint density at radius 1 is 0.490 bits per heavy atom. The summed E-state index contributed by atoms with van der Waals surface area (Å²) in [5.74, 6) is 0.877. The first kappa shape index (κ1) is 28.2. The average Bonchev–Trinajstić information content (AvgIpc) is 3.62.